The van der Waals surface area contributed by atoms with Crippen molar-refractivity contribution in [3.63, 3.8) is 0 Å². The Morgan fingerprint density at radius 3 is 2.24 bits per heavy atom. The van der Waals surface area contributed by atoms with Gasteiger partial charge in [0.1, 0.15) is 0 Å². The number of nitrogens with two attached hydrogens (primary N) is 1. The average molecular weight is 319 g/mol. The lowest BCUT2D eigenvalue weighted by molar-refractivity contribution is 0.637. The summed E-state index contributed by atoms with van der Waals surface area (Å²) in [6.45, 7) is 0. The van der Waals surface area contributed by atoms with Gasteiger partial charge in [-0.05, 0) is 35.4 Å². The maximum atomic E-state index is 6.07. The lowest BCUT2D eigenvalue weighted by atomic mass is 9.99. The normalized spacial score (nSPS) is 12.5. The van der Waals surface area contributed by atoms with Crippen molar-refractivity contribution in [1.82, 2.24) is 15.4 Å². The van der Waals surface area contributed by atoms with E-state index in [9.17, 15) is 0 Å². The molecular formula is C15H12Cl2N4. The summed E-state index contributed by atoms with van der Waals surface area (Å²) < 4.78 is 0. The van der Waals surface area contributed by atoms with Crippen LogP contribution >= 0.6 is 23.2 Å². The van der Waals surface area contributed by atoms with Crippen molar-refractivity contribution in [3.05, 3.63) is 70.0 Å². The standard InChI is InChI=1S/C15H12Cl2N4/c16-11-3-1-9(7-12(11)17)15(21-18)10-2-4-13-14(8-10)20-6-5-19-13/h1-8,15,21H,18H2. The number of nitrogens with zero attached hydrogens (tertiary/aromatic N) is 2. The second kappa shape index (κ2) is 5.95. The Balaban J connectivity index is 2.06. The van der Waals surface area contributed by atoms with Gasteiger partial charge in [-0.15, -0.1) is 0 Å². The van der Waals surface area contributed by atoms with Gasteiger partial charge in [0.15, 0.2) is 0 Å². The Labute approximate surface area is 131 Å². The number of fused-ring (bicyclic) bond motifs is 1. The minimum atomic E-state index is -0.203. The predicted molar refractivity (Wildman–Crippen MR) is 85.2 cm³/mol. The quantitative estimate of drug-likeness (QED) is 0.573. The summed E-state index contributed by atoms with van der Waals surface area (Å²) in [5.41, 5.74) is 6.35. The van der Waals surface area contributed by atoms with Crippen molar-refractivity contribution in [3.8, 4) is 0 Å². The second-order valence-corrected chi connectivity index (χ2v) is 5.39. The first-order valence-corrected chi connectivity index (χ1v) is 7.06. The summed E-state index contributed by atoms with van der Waals surface area (Å²) >= 11 is 12.0. The molecule has 1 aromatic heterocycles. The van der Waals surface area contributed by atoms with E-state index in [1.54, 1.807) is 24.5 Å². The molecule has 1 heterocycles. The molecule has 1 unspecified atom stereocenters. The molecule has 0 saturated heterocycles. The summed E-state index contributed by atoms with van der Waals surface area (Å²) in [5.74, 6) is 5.71. The molecule has 0 aliphatic rings. The fourth-order valence-electron chi connectivity index (χ4n) is 2.24. The predicted octanol–water partition coefficient (Wildman–Crippen LogP) is 3.49. The number of halogens is 2. The Bertz CT molecular complexity index is 791. The molecule has 2 aromatic carbocycles. The van der Waals surface area contributed by atoms with E-state index in [2.05, 4.69) is 15.4 Å². The van der Waals surface area contributed by atoms with E-state index in [0.717, 1.165) is 22.2 Å². The van der Waals surface area contributed by atoms with Crippen LogP contribution in [0.4, 0.5) is 0 Å². The maximum Gasteiger partial charge on any atom is 0.0890 e. The van der Waals surface area contributed by atoms with Crippen LogP contribution in [0.15, 0.2) is 48.8 Å². The van der Waals surface area contributed by atoms with Crippen LogP contribution in [0.25, 0.3) is 11.0 Å². The van der Waals surface area contributed by atoms with Gasteiger partial charge in [-0.3, -0.25) is 15.8 Å². The monoisotopic (exact) mass is 318 g/mol. The molecule has 1 atom stereocenters. The molecule has 3 aromatic rings. The Morgan fingerprint density at radius 2 is 1.52 bits per heavy atom. The van der Waals surface area contributed by atoms with Crippen molar-refractivity contribution in [2.75, 3.05) is 0 Å². The Kier molecular flexibility index (Phi) is 4.03. The molecule has 0 aliphatic heterocycles. The third-order valence-electron chi connectivity index (χ3n) is 3.27. The van der Waals surface area contributed by atoms with Crippen LogP contribution in [0, 0.1) is 0 Å². The van der Waals surface area contributed by atoms with E-state index >= 15 is 0 Å². The third kappa shape index (κ3) is 2.84. The first kappa shape index (κ1) is 14.2. The maximum absolute atomic E-state index is 6.07. The van der Waals surface area contributed by atoms with E-state index in [1.165, 1.54) is 0 Å². The molecule has 21 heavy (non-hydrogen) atoms. The molecule has 6 heteroatoms. The third-order valence-corrected chi connectivity index (χ3v) is 4.01. The van der Waals surface area contributed by atoms with Crippen LogP contribution in [-0.4, -0.2) is 9.97 Å². The van der Waals surface area contributed by atoms with Crippen molar-refractivity contribution in [2.45, 2.75) is 6.04 Å². The number of aromatic nitrogens is 2. The molecule has 3 N–H and O–H groups in total. The average Bonchev–Trinajstić information content (AvgIpc) is 2.51. The highest BCUT2D eigenvalue weighted by Gasteiger charge is 2.14. The Hall–Kier alpha value is -1.72. The zero-order valence-electron chi connectivity index (χ0n) is 10.9. The molecule has 0 fully saturated rings. The zero-order chi connectivity index (χ0) is 14.8. The molecule has 4 nitrogen and oxygen atoms in total. The minimum absolute atomic E-state index is 0.203. The van der Waals surface area contributed by atoms with E-state index in [4.69, 9.17) is 29.0 Å². The molecule has 0 saturated carbocycles. The van der Waals surface area contributed by atoms with Gasteiger partial charge in [0.2, 0.25) is 0 Å². The smallest absolute Gasteiger partial charge is 0.0890 e. The number of benzene rings is 2. The summed E-state index contributed by atoms with van der Waals surface area (Å²) in [6, 6.07) is 11.1. The van der Waals surface area contributed by atoms with Crippen molar-refractivity contribution in [2.24, 2.45) is 5.84 Å². The number of nitrogens with one attached hydrogen (secondary N) is 1. The van der Waals surface area contributed by atoms with E-state index in [1.807, 2.05) is 24.3 Å². The molecule has 0 aliphatic carbocycles. The van der Waals surface area contributed by atoms with Gasteiger partial charge in [0.25, 0.3) is 0 Å². The van der Waals surface area contributed by atoms with E-state index in [0.29, 0.717) is 10.0 Å². The van der Waals surface area contributed by atoms with Crippen LogP contribution in [0.1, 0.15) is 17.2 Å². The van der Waals surface area contributed by atoms with Gasteiger partial charge in [-0.2, -0.15) is 0 Å². The van der Waals surface area contributed by atoms with Crippen LogP contribution < -0.4 is 11.3 Å². The van der Waals surface area contributed by atoms with Gasteiger partial charge in [0, 0.05) is 12.4 Å². The van der Waals surface area contributed by atoms with Crippen molar-refractivity contribution < 1.29 is 0 Å². The highest BCUT2D eigenvalue weighted by Crippen LogP contribution is 2.29. The van der Waals surface area contributed by atoms with Crippen molar-refractivity contribution in [1.29, 1.82) is 0 Å². The first-order valence-electron chi connectivity index (χ1n) is 6.31. The Morgan fingerprint density at radius 1 is 0.857 bits per heavy atom. The van der Waals surface area contributed by atoms with E-state index in [-0.39, 0.29) is 6.04 Å². The molecular weight excluding hydrogens is 307 g/mol. The number of hydrogen-bond donors (Lipinski definition) is 2. The van der Waals surface area contributed by atoms with Gasteiger partial charge in [-0.25, -0.2) is 5.43 Å². The first-order chi connectivity index (χ1) is 10.2. The van der Waals surface area contributed by atoms with Crippen LogP contribution in [-0.2, 0) is 0 Å². The second-order valence-electron chi connectivity index (χ2n) is 4.58. The van der Waals surface area contributed by atoms with Crippen LogP contribution in [0.5, 0.6) is 0 Å². The summed E-state index contributed by atoms with van der Waals surface area (Å²) in [4.78, 5) is 8.56. The highest BCUT2D eigenvalue weighted by molar-refractivity contribution is 6.42. The summed E-state index contributed by atoms with van der Waals surface area (Å²) in [7, 11) is 0. The topological polar surface area (TPSA) is 63.8 Å². The van der Waals surface area contributed by atoms with Gasteiger partial charge in [0.05, 0.1) is 27.1 Å². The van der Waals surface area contributed by atoms with Gasteiger partial charge < -0.3 is 0 Å². The lowest BCUT2D eigenvalue weighted by Crippen LogP contribution is -2.28. The van der Waals surface area contributed by atoms with Gasteiger partial charge in [-0.1, -0.05) is 35.3 Å². The highest BCUT2D eigenvalue weighted by atomic mass is 35.5. The summed E-state index contributed by atoms with van der Waals surface area (Å²) in [5, 5.41) is 1.01. The molecule has 3 rings (SSSR count). The van der Waals surface area contributed by atoms with Crippen molar-refractivity contribution >= 4 is 34.2 Å². The lowest BCUT2D eigenvalue weighted by Gasteiger charge is -2.17. The van der Waals surface area contributed by atoms with Gasteiger partial charge >= 0.3 is 0 Å². The fourth-order valence-corrected chi connectivity index (χ4v) is 2.54. The zero-order valence-corrected chi connectivity index (χ0v) is 12.4. The molecule has 106 valence electrons. The summed E-state index contributed by atoms with van der Waals surface area (Å²) in [6.07, 6.45) is 3.33. The number of hydrazine groups is 1. The SMILES string of the molecule is NNC(c1ccc(Cl)c(Cl)c1)c1ccc2nccnc2c1. The number of hydrogen-bond acceptors (Lipinski definition) is 4. The van der Waals surface area contributed by atoms with Crippen LogP contribution in [0.3, 0.4) is 0 Å². The molecule has 0 amide bonds. The fraction of sp³-hybridized carbons (Fsp3) is 0.0667. The molecule has 0 bridgehead atoms. The van der Waals surface area contributed by atoms with E-state index < -0.39 is 0 Å². The molecule has 0 radical (unpaired) electrons. The largest absolute Gasteiger partial charge is 0.271 e. The molecule has 0 spiro atoms. The minimum Gasteiger partial charge on any atom is -0.271 e. The van der Waals surface area contributed by atoms with Crippen LogP contribution in [0.2, 0.25) is 10.0 Å². The number of rotatable bonds is 3.